The predicted octanol–water partition coefficient (Wildman–Crippen LogP) is 3.57. The third kappa shape index (κ3) is 2.11. The van der Waals surface area contributed by atoms with Gasteiger partial charge in [0.1, 0.15) is 0 Å². The van der Waals surface area contributed by atoms with Gasteiger partial charge in [-0.15, -0.1) is 0 Å². The van der Waals surface area contributed by atoms with Crippen molar-refractivity contribution in [3.05, 3.63) is 34.5 Å². The Morgan fingerprint density at radius 1 is 1.35 bits per heavy atom. The Kier molecular flexibility index (Phi) is 3.93. The maximum atomic E-state index is 11.6. The maximum Gasteiger partial charge on any atom is 0.338 e. The fourth-order valence-electron chi connectivity index (χ4n) is 2.71. The first-order valence-corrected chi connectivity index (χ1v) is 6.83. The zero-order valence-corrected chi connectivity index (χ0v) is 12.1. The van der Waals surface area contributed by atoms with Crippen LogP contribution in [-0.4, -0.2) is 21.9 Å². The summed E-state index contributed by atoms with van der Waals surface area (Å²) in [6.45, 7) is 6.48. The molecule has 1 aromatic carbocycles. The van der Waals surface area contributed by atoms with E-state index in [9.17, 15) is 14.7 Å². The van der Waals surface area contributed by atoms with Crippen LogP contribution in [0.2, 0.25) is 0 Å². The van der Waals surface area contributed by atoms with Gasteiger partial charge in [0.05, 0.1) is 11.1 Å². The fraction of sp³-hybridized carbons (Fsp3) is 0.375. The van der Waals surface area contributed by atoms with E-state index in [1.54, 1.807) is 13.0 Å². The molecule has 0 saturated carbocycles. The van der Waals surface area contributed by atoms with Crippen molar-refractivity contribution in [1.29, 1.82) is 0 Å². The van der Waals surface area contributed by atoms with Gasteiger partial charge in [-0.1, -0.05) is 25.5 Å². The third-order valence-electron chi connectivity index (χ3n) is 3.81. The number of carboxylic acid groups (broad SMARTS) is 1. The van der Waals surface area contributed by atoms with Gasteiger partial charge in [0, 0.05) is 23.2 Å². The molecule has 1 N–H and O–H groups in total. The maximum absolute atomic E-state index is 11.6. The van der Waals surface area contributed by atoms with E-state index in [1.807, 2.05) is 17.6 Å². The van der Waals surface area contributed by atoms with Crippen LogP contribution in [0, 0.1) is 13.8 Å². The van der Waals surface area contributed by atoms with Crippen LogP contribution in [0.25, 0.3) is 10.9 Å². The summed E-state index contributed by atoms with van der Waals surface area (Å²) in [5.41, 5.74) is 3.13. The molecule has 0 unspecified atom stereocenters. The zero-order valence-electron chi connectivity index (χ0n) is 12.1. The molecule has 0 fully saturated rings. The predicted molar refractivity (Wildman–Crippen MR) is 78.7 cm³/mol. The summed E-state index contributed by atoms with van der Waals surface area (Å²) < 4.78 is 1.97. The molecule has 20 heavy (non-hydrogen) atoms. The third-order valence-corrected chi connectivity index (χ3v) is 3.81. The molecule has 0 spiro atoms. The lowest BCUT2D eigenvalue weighted by atomic mass is 10.0. The Hall–Kier alpha value is -2.10. The van der Waals surface area contributed by atoms with E-state index in [2.05, 4.69) is 6.92 Å². The van der Waals surface area contributed by atoms with Gasteiger partial charge in [0.15, 0.2) is 6.29 Å². The largest absolute Gasteiger partial charge is 0.478 e. The van der Waals surface area contributed by atoms with E-state index in [0.717, 1.165) is 42.3 Å². The van der Waals surface area contributed by atoms with Crippen molar-refractivity contribution >= 4 is 23.2 Å². The Morgan fingerprint density at radius 3 is 2.60 bits per heavy atom. The van der Waals surface area contributed by atoms with Gasteiger partial charge in [-0.3, -0.25) is 4.79 Å². The standard InChI is InChI=1S/C16H19NO3/c1-4-5-8-17-11(3)13(9-18)12-7-6-10(2)14(15(12)17)16(19)20/h6-7,9H,4-5,8H2,1-3H3,(H,19,20). The van der Waals surface area contributed by atoms with Crippen LogP contribution < -0.4 is 0 Å². The quantitative estimate of drug-likeness (QED) is 0.847. The van der Waals surface area contributed by atoms with E-state index < -0.39 is 5.97 Å². The first-order chi connectivity index (χ1) is 9.52. The number of benzene rings is 1. The molecule has 0 amide bonds. The van der Waals surface area contributed by atoms with E-state index in [-0.39, 0.29) is 0 Å². The van der Waals surface area contributed by atoms with E-state index in [4.69, 9.17) is 0 Å². The number of aromatic nitrogens is 1. The first-order valence-electron chi connectivity index (χ1n) is 6.83. The van der Waals surface area contributed by atoms with E-state index >= 15 is 0 Å². The number of hydrogen-bond acceptors (Lipinski definition) is 2. The summed E-state index contributed by atoms with van der Waals surface area (Å²) in [7, 11) is 0. The molecule has 2 rings (SSSR count). The minimum atomic E-state index is -0.944. The van der Waals surface area contributed by atoms with Gasteiger partial charge in [0.25, 0.3) is 0 Å². The highest BCUT2D eigenvalue weighted by Gasteiger charge is 2.21. The molecule has 0 radical (unpaired) electrons. The monoisotopic (exact) mass is 273 g/mol. The lowest BCUT2D eigenvalue weighted by molar-refractivity contribution is 0.0697. The molecule has 0 atom stereocenters. The summed E-state index contributed by atoms with van der Waals surface area (Å²) in [6.07, 6.45) is 2.79. The van der Waals surface area contributed by atoms with Crippen LogP contribution >= 0.6 is 0 Å². The number of fused-ring (bicyclic) bond motifs is 1. The van der Waals surface area contributed by atoms with Gasteiger partial charge in [-0.2, -0.15) is 0 Å². The molecule has 1 heterocycles. The number of aryl methyl sites for hydroxylation is 2. The average molecular weight is 273 g/mol. The van der Waals surface area contributed by atoms with Crippen LogP contribution in [0.4, 0.5) is 0 Å². The number of carbonyl (C=O) groups is 2. The van der Waals surface area contributed by atoms with Crippen LogP contribution in [0.3, 0.4) is 0 Å². The van der Waals surface area contributed by atoms with Crippen molar-refractivity contribution in [3.8, 4) is 0 Å². The smallest absolute Gasteiger partial charge is 0.338 e. The van der Waals surface area contributed by atoms with Crippen molar-refractivity contribution in [2.75, 3.05) is 0 Å². The topological polar surface area (TPSA) is 59.3 Å². The molecule has 1 aromatic heterocycles. The molecule has 2 aromatic rings. The molecule has 4 heteroatoms. The van der Waals surface area contributed by atoms with Crippen molar-refractivity contribution in [3.63, 3.8) is 0 Å². The van der Waals surface area contributed by atoms with Gasteiger partial charge in [-0.05, 0) is 25.8 Å². The first kappa shape index (κ1) is 14.3. The molecule has 106 valence electrons. The van der Waals surface area contributed by atoms with Crippen LogP contribution in [0.5, 0.6) is 0 Å². The molecule has 4 nitrogen and oxygen atoms in total. The Labute approximate surface area is 118 Å². The second-order valence-corrected chi connectivity index (χ2v) is 5.08. The van der Waals surface area contributed by atoms with Gasteiger partial charge in [-0.25, -0.2) is 4.79 Å². The van der Waals surface area contributed by atoms with Crippen LogP contribution in [0.15, 0.2) is 12.1 Å². The molecule has 0 bridgehead atoms. The number of aldehydes is 1. The summed E-state index contributed by atoms with van der Waals surface area (Å²) in [5, 5.41) is 10.2. The Bertz CT molecular complexity index is 683. The summed E-state index contributed by atoms with van der Waals surface area (Å²) in [4.78, 5) is 22.9. The number of aromatic carboxylic acids is 1. The number of rotatable bonds is 5. The highest BCUT2D eigenvalue weighted by atomic mass is 16.4. The number of hydrogen-bond donors (Lipinski definition) is 1. The highest BCUT2D eigenvalue weighted by Crippen LogP contribution is 2.30. The minimum Gasteiger partial charge on any atom is -0.478 e. The van der Waals surface area contributed by atoms with Gasteiger partial charge in [0.2, 0.25) is 0 Å². The van der Waals surface area contributed by atoms with E-state index in [1.165, 1.54) is 0 Å². The average Bonchev–Trinajstić information content (AvgIpc) is 2.67. The number of carboxylic acids is 1. The lowest BCUT2D eigenvalue weighted by Gasteiger charge is -2.10. The second kappa shape index (κ2) is 5.49. The zero-order chi connectivity index (χ0) is 14.9. The molecular formula is C16H19NO3. The second-order valence-electron chi connectivity index (χ2n) is 5.08. The molecule has 0 aliphatic rings. The Balaban J connectivity index is 2.87. The van der Waals surface area contributed by atoms with Crippen LogP contribution in [0.1, 0.15) is 51.7 Å². The normalized spacial score (nSPS) is 10.9. The molecule has 0 aliphatic carbocycles. The molecule has 0 saturated heterocycles. The number of unbranched alkanes of at least 4 members (excludes halogenated alkanes) is 1. The van der Waals surface area contributed by atoms with Crippen LogP contribution in [-0.2, 0) is 6.54 Å². The van der Waals surface area contributed by atoms with Gasteiger partial charge >= 0.3 is 5.97 Å². The van der Waals surface area contributed by atoms with Crippen molar-refractivity contribution < 1.29 is 14.7 Å². The summed E-state index contributed by atoms with van der Waals surface area (Å²) in [6, 6.07) is 3.61. The van der Waals surface area contributed by atoms with Gasteiger partial charge < -0.3 is 9.67 Å². The van der Waals surface area contributed by atoms with Crippen molar-refractivity contribution in [1.82, 2.24) is 4.57 Å². The molecule has 0 aliphatic heterocycles. The fourth-order valence-corrected chi connectivity index (χ4v) is 2.71. The van der Waals surface area contributed by atoms with E-state index in [0.29, 0.717) is 16.6 Å². The minimum absolute atomic E-state index is 0.301. The van der Waals surface area contributed by atoms with Crippen molar-refractivity contribution in [2.24, 2.45) is 0 Å². The molecular weight excluding hydrogens is 254 g/mol. The lowest BCUT2D eigenvalue weighted by Crippen LogP contribution is -2.07. The van der Waals surface area contributed by atoms with Crippen molar-refractivity contribution in [2.45, 2.75) is 40.2 Å². The number of carbonyl (C=O) groups excluding carboxylic acids is 1. The highest BCUT2D eigenvalue weighted by molar-refractivity contribution is 6.09. The summed E-state index contributed by atoms with van der Waals surface area (Å²) >= 11 is 0. The number of nitrogens with zero attached hydrogens (tertiary/aromatic N) is 1. The Morgan fingerprint density at radius 2 is 2.05 bits per heavy atom. The SMILES string of the molecule is CCCCn1c(C)c(C=O)c2ccc(C)c(C(=O)O)c21. The summed E-state index contributed by atoms with van der Waals surface area (Å²) in [5.74, 6) is -0.944.